The van der Waals surface area contributed by atoms with Gasteiger partial charge in [-0.25, -0.2) is 0 Å². The van der Waals surface area contributed by atoms with Gasteiger partial charge in [0.2, 0.25) is 0 Å². The van der Waals surface area contributed by atoms with Crippen molar-refractivity contribution in [1.29, 1.82) is 0 Å². The van der Waals surface area contributed by atoms with Crippen LogP contribution in [0.4, 0.5) is 17.6 Å². The number of amides is 1. The van der Waals surface area contributed by atoms with Crippen LogP contribution in [0.25, 0.3) is 0 Å². The fourth-order valence-corrected chi connectivity index (χ4v) is 4.72. The normalized spacial score (nSPS) is 32.6. The van der Waals surface area contributed by atoms with E-state index >= 15 is 0 Å². The molecular weight excluding hydrogens is 314 g/mol. The number of aliphatic hydroxyl groups excluding tert-OH is 1. The van der Waals surface area contributed by atoms with E-state index in [9.17, 15) is 32.6 Å². The average Bonchev–Trinajstić information content (AvgIpc) is 2.63. The Balaban J connectivity index is 2.18. The van der Waals surface area contributed by atoms with Gasteiger partial charge in [-0.2, -0.15) is 17.6 Å². The molecule has 0 bridgehead atoms. The van der Waals surface area contributed by atoms with Crippen LogP contribution in [0.2, 0.25) is 0 Å². The summed E-state index contributed by atoms with van der Waals surface area (Å²) in [6.45, 7) is 0. The number of hydrogen-bond donors (Lipinski definition) is 2. The first kappa shape index (κ1) is 14.6. The van der Waals surface area contributed by atoms with Crippen molar-refractivity contribution in [2.24, 2.45) is 5.92 Å². The molecule has 116 valence electrons. The van der Waals surface area contributed by atoms with Crippen LogP contribution in [-0.4, -0.2) is 38.5 Å². The van der Waals surface area contributed by atoms with Crippen molar-refractivity contribution in [3.63, 3.8) is 0 Å². The first-order valence-electron chi connectivity index (χ1n) is 6.32. The van der Waals surface area contributed by atoms with Gasteiger partial charge in [0.25, 0.3) is 11.9 Å². The van der Waals surface area contributed by atoms with E-state index < -0.39 is 51.7 Å². The predicted octanol–water partition coefficient (Wildman–Crippen LogP) is 3.14. The quantitative estimate of drug-likeness (QED) is 0.408. The molecule has 1 saturated heterocycles. The van der Waals surface area contributed by atoms with E-state index in [2.05, 4.69) is 0 Å². The smallest absolute Gasteiger partial charge is 0.435 e. The minimum absolute atomic E-state index is 0.372. The maximum absolute atomic E-state index is 13.9. The summed E-state index contributed by atoms with van der Waals surface area (Å²) >= 11 is 0.482. The molecule has 1 amide bonds. The van der Waals surface area contributed by atoms with Crippen molar-refractivity contribution in [3.05, 3.63) is 22.4 Å². The number of halogens is 4. The second kappa shape index (κ2) is 4.56. The van der Waals surface area contributed by atoms with E-state index in [1.165, 1.54) is 0 Å². The zero-order valence-corrected chi connectivity index (χ0v) is 11.3. The Labute approximate surface area is 121 Å². The molecule has 3 rings (SSSR count). The van der Waals surface area contributed by atoms with Gasteiger partial charge in [0.15, 0.2) is 10.9 Å². The number of alkyl halides is 3. The number of carbonyl (C=O) groups excluding carboxylic acids is 1. The van der Waals surface area contributed by atoms with Gasteiger partial charge in [0, 0.05) is 11.2 Å². The number of allylic oxidation sites excluding steroid dienone is 1. The predicted molar refractivity (Wildman–Crippen MR) is 65.8 cm³/mol. The molecule has 21 heavy (non-hydrogen) atoms. The Bertz CT molecular complexity index is 567. The first-order valence-corrected chi connectivity index (χ1v) is 7.20. The van der Waals surface area contributed by atoms with Crippen LogP contribution in [0, 0.1) is 5.92 Å². The zero-order valence-electron chi connectivity index (χ0n) is 10.5. The highest BCUT2D eigenvalue weighted by molar-refractivity contribution is 8.03. The lowest BCUT2D eigenvalue weighted by atomic mass is 9.82. The lowest BCUT2D eigenvalue weighted by Gasteiger charge is -2.41. The van der Waals surface area contributed by atoms with Crippen LogP contribution >= 0.6 is 11.8 Å². The molecule has 0 aromatic carbocycles. The highest BCUT2D eigenvalue weighted by Crippen LogP contribution is 2.54. The third-order valence-corrected chi connectivity index (χ3v) is 5.32. The van der Waals surface area contributed by atoms with Crippen molar-refractivity contribution >= 4 is 17.7 Å². The Hall–Kier alpha value is -1.38. The highest BCUT2D eigenvalue weighted by Gasteiger charge is 2.60. The number of nitrogens with zero attached hydrogens (tertiary/aromatic N) is 1. The van der Waals surface area contributed by atoms with E-state index in [1.54, 1.807) is 0 Å². The summed E-state index contributed by atoms with van der Waals surface area (Å²) in [4.78, 5) is 12.5. The van der Waals surface area contributed by atoms with E-state index in [4.69, 9.17) is 0 Å². The van der Waals surface area contributed by atoms with Gasteiger partial charge in [-0.1, -0.05) is 18.2 Å². The van der Waals surface area contributed by atoms with Crippen LogP contribution in [0.15, 0.2) is 22.4 Å². The van der Waals surface area contributed by atoms with Crippen LogP contribution in [0.1, 0.15) is 19.3 Å². The average molecular weight is 325 g/mol. The lowest BCUT2D eigenvalue weighted by molar-refractivity contribution is -0.140. The van der Waals surface area contributed by atoms with Crippen molar-refractivity contribution in [2.45, 2.75) is 36.7 Å². The maximum atomic E-state index is 13.9. The lowest BCUT2D eigenvalue weighted by Crippen LogP contribution is -2.49. The number of thioether (sulfide) groups is 1. The summed E-state index contributed by atoms with van der Waals surface area (Å²) in [6.07, 6.45) is -3.57. The summed E-state index contributed by atoms with van der Waals surface area (Å²) in [5, 5.41) is 16.5. The Kier molecular flexibility index (Phi) is 3.16. The number of carbonyl (C=O) groups is 1. The molecule has 2 heterocycles. The van der Waals surface area contributed by atoms with Crippen molar-refractivity contribution in [2.75, 3.05) is 0 Å². The van der Waals surface area contributed by atoms with E-state index in [0.29, 0.717) is 35.9 Å². The first-order chi connectivity index (χ1) is 9.73. The van der Waals surface area contributed by atoms with Gasteiger partial charge < -0.3 is 10.2 Å². The molecule has 1 aliphatic carbocycles. The largest absolute Gasteiger partial charge is 0.481 e. The molecule has 2 aliphatic heterocycles. The molecule has 3 aliphatic rings. The van der Waals surface area contributed by atoms with Gasteiger partial charge >= 0.3 is 6.18 Å². The van der Waals surface area contributed by atoms with Crippen molar-refractivity contribution < 1.29 is 32.6 Å². The van der Waals surface area contributed by atoms with Gasteiger partial charge in [0.05, 0.1) is 6.04 Å². The molecule has 2 N–H and O–H groups in total. The summed E-state index contributed by atoms with van der Waals surface area (Å²) < 4.78 is 53.0. The molecule has 0 radical (unpaired) electrons. The molecule has 9 heteroatoms. The molecule has 3 atom stereocenters. The van der Waals surface area contributed by atoms with Crippen LogP contribution < -0.4 is 0 Å². The maximum Gasteiger partial charge on any atom is 0.435 e. The van der Waals surface area contributed by atoms with Crippen molar-refractivity contribution in [3.8, 4) is 0 Å². The third-order valence-electron chi connectivity index (χ3n) is 4.11. The SMILES string of the molecule is O=C1C(=C(O)O)C2CCCC3SC(F)=C(C(F)(F)F)N1C32. The minimum atomic E-state index is -5.01. The van der Waals surface area contributed by atoms with Gasteiger partial charge in [-0.05, 0) is 12.8 Å². The Morgan fingerprint density at radius 3 is 2.52 bits per heavy atom. The van der Waals surface area contributed by atoms with Gasteiger partial charge in [-0.15, -0.1) is 0 Å². The Morgan fingerprint density at radius 2 is 1.95 bits per heavy atom. The summed E-state index contributed by atoms with van der Waals surface area (Å²) in [6, 6.07) is -0.878. The van der Waals surface area contributed by atoms with Crippen LogP contribution in [0.5, 0.6) is 0 Å². The van der Waals surface area contributed by atoms with Gasteiger partial charge in [-0.3, -0.25) is 9.69 Å². The highest BCUT2D eigenvalue weighted by atomic mass is 32.2. The monoisotopic (exact) mass is 325 g/mol. The summed E-state index contributed by atoms with van der Waals surface area (Å²) in [5.41, 5.74) is -2.07. The Morgan fingerprint density at radius 1 is 1.29 bits per heavy atom. The van der Waals surface area contributed by atoms with E-state index in [-0.39, 0.29) is 0 Å². The fourth-order valence-electron chi connectivity index (χ4n) is 3.40. The fraction of sp³-hybridized carbons (Fsp3) is 0.583. The second-order valence-corrected chi connectivity index (χ2v) is 6.42. The molecule has 4 nitrogen and oxygen atoms in total. The molecular formula is C12H11F4NO3S. The van der Waals surface area contributed by atoms with Crippen LogP contribution in [0.3, 0.4) is 0 Å². The molecule has 3 unspecified atom stereocenters. The molecule has 0 aromatic heterocycles. The molecule has 0 spiro atoms. The molecule has 0 aromatic rings. The zero-order chi connectivity index (χ0) is 15.5. The van der Waals surface area contributed by atoms with E-state index in [0.717, 1.165) is 0 Å². The number of hydrogen-bond acceptors (Lipinski definition) is 4. The third kappa shape index (κ3) is 2.01. The van der Waals surface area contributed by atoms with Crippen LogP contribution in [-0.2, 0) is 4.79 Å². The minimum Gasteiger partial charge on any atom is -0.481 e. The number of rotatable bonds is 0. The molecule has 2 fully saturated rings. The summed E-state index contributed by atoms with van der Waals surface area (Å²) in [5.74, 6) is -3.15. The molecule has 1 saturated carbocycles. The van der Waals surface area contributed by atoms with E-state index in [1.807, 2.05) is 0 Å². The topological polar surface area (TPSA) is 60.8 Å². The second-order valence-electron chi connectivity index (χ2n) is 5.22. The van der Waals surface area contributed by atoms with Gasteiger partial charge in [0.1, 0.15) is 5.57 Å². The summed E-state index contributed by atoms with van der Waals surface area (Å²) in [7, 11) is 0. The standard InChI is InChI=1S/C12H11F4NO3S/c13-9-8(12(14,15)16)17-7-4(2-1-3-5(7)21-9)6(10(17)18)11(19)20/h4-5,7,19-20H,1-3H2. The van der Waals surface area contributed by atoms with Crippen molar-refractivity contribution in [1.82, 2.24) is 4.90 Å². The number of aliphatic hydroxyl groups is 2.